The summed E-state index contributed by atoms with van der Waals surface area (Å²) in [6, 6.07) is 10.6. The fourth-order valence-electron chi connectivity index (χ4n) is 2.62. The van der Waals surface area contributed by atoms with Crippen LogP contribution in [-0.2, 0) is 6.18 Å². The molecule has 0 saturated carbocycles. The maximum Gasteiger partial charge on any atom is 0.416 e. The molecule has 0 fully saturated rings. The molecular formula is C19H13F5N2OS. The Balaban J connectivity index is 1.93. The summed E-state index contributed by atoms with van der Waals surface area (Å²) in [7, 11) is 0. The molecule has 0 aliphatic heterocycles. The number of rotatable bonds is 4. The zero-order valence-corrected chi connectivity index (χ0v) is 15.2. The lowest BCUT2D eigenvalue weighted by Crippen LogP contribution is -2.13. The van der Waals surface area contributed by atoms with Crippen molar-refractivity contribution in [3.63, 3.8) is 0 Å². The Kier molecular flexibility index (Phi) is 5.46. The van der Waals surface area contributed by atoms with E-state index in [4.69, 9.17) is 0 Å². The second-order valence-electron chi connectivity index (χ2n) is 5.82. The minimum atomic E-state index is -4.47. The molecule has 3 aromatic rings. The molecule has 0 aliphatic rings. The van der Waals surface area contributed by atoms with Gasteiger partial charge in [0.2, 0.25) is 0 Å². The van der Waals surface area contributed by atoms with Gasteiger partial charge < -0.3 is 5.32 Å². The van der Waals surface area contributed by atoms with Gasteiger partial charge in [-0.25, -0.2) is 13.8 Å². The Morgan fingerprint density at radius 3 is 2.32 bits per heavy atom. The molecule has 1 heterocycles. The Morgan fingerprint density at radius 1 is 1.07 bits per heavy atom. The minimum absolute atomic E-state index is 0.0558. The van der Waals surface area contributed by atoms with E-state index in [-0.39, 0.29) is 10.6 Å². The number of hydrogen-bond donors (Lipinski definition) is 1. The first kappa shape index (κ1) is 19.9. The fraction of sp³-hybridized carbons (Fsp3) is 0.158. The molecule has 0 spiro atoms. The Labute approximate surface area is 160 Å². The number of aromatic nitrogens is 1. The van der Waals surface area contributed by atoms with Gasteiger partial charge >= 0.3 is 6.18 Å². The normalized spacial score (nSPS) is 11.7. The van der Waals surface area contributed by atoms with Crippen molar-refractivity contribution >= 4 is 22.2 Å². The van der Waals surface area contributed by atoms with Gasteiger partial charge in [-0.2, -0.15) is 13.2 Å². The summed E-state index contributed by atoms with van der Waals surface area (Å²) in [6.45, 7) is 1.54. The van der Waals surface area contributed by atoms with Crippen molar-refractivity contribution in [3.05, 3.63) is 70.4 Å². The minimum Gasteiger partial charge on any atom is -0.312 e. The van der Waals surface area contributed by atoms with Crippen molar-refractivity contribution in [2.75, 3.05) is 5.32 Å². The first-order valence-electron chi connectivity index (χ1n) is 8.00. The lowest BCUT2D eigenvalue weighted by Gasteiger charge is -2.12. The Hall–Kier alpha value is -2.81. The number of halogens is 5. The zero-order valence-electron chi connectivity index (χ0n) is 14.3. The predicted octanol–water partition coefficient (Wildman–Crippen LogP) is 6.33. The number of thiazole rings is 1. The van der Waals surface area contributed by atoms with Gasteiger partial charge in [0, 0.05) is 5.56 Å². The second kappa shape index (κ2) is 7.67. The summed E-state index contributed by atoms with van der Waals surface area (Å²) in [4.78, 5) is 16.4. The molecule has 0 radical (unpaired) electrons. The third-order valence-corrected chi connectivity index (χ3v) is 4.79. The highest BCUT2D eigenvalue weighted by atomic mass is 32.1. The molecule has 0 atom stereocenters. The molecule has 1 amide bonds. The van der Waals surface area contributed by atoms with Gasteiger partial charge in [-0.05, 0) is 36.2 Å². The van der Waals surface area contributed by atoms with Crippen LogP contribution in [-0.4, -0.2) is 10.9 Å². The number of amides is 1. The maximum atomic E-state index is 13.1. The number of anilines is 1. The van der Waals surface area contributed by atoms with Gasteiger partial charge in [-0.3, -0.25) is 4.79 Å². The van der Waals surface area contributed by atoms with E-state index in [0.717, 1.165) is 23.5 Å². The van der Waals surface area contributed by atoms with Crippen molar-refractivity contribution in [1.29, 1.82) is 0 Å². The molecule has 0 aliphatic carbocycles. The molecule has 0 unspecified atom stereocenters. The number of nitrogens with one attached hydrogen (secondary N) is 1. The predicted molar refractivity (Wildman–Crippen MR) is 96.6 cm³/mol. The molecule has 3 nitrogen and oxygen atoms in total. The lowest BCUT2D eigenvalue weighted by molar-refractivity contribution is -0.137. The van der Waals surface area contributed by atoms with Crippen molar-refractivity contribution in [2.45, 2.75) is 19.5 Å². The molecule has 9 heteroatoms. The van der Waals surface area contributed by atoms with Crippen LogP contribution in [0.3, 0.4) is 0 Å². The fourth-order valence-corrected chi connectivity index (χ4v) is 3.45. The zero-order chi connectivity index (χ0) is 20.5. The molecule has 3 rings (SSSR count). The molecule has 146 valence electrons. The maximum absolute atomic E-state index is 13.1. The number of aryl methyl sites for hydroxylation is 1. The summed E-state index contributed by atoms with van der Waals surface area (Å²) >= 11 is 0.924. The average molecular weight is 412 g/mol. The SMILES string of the molecule is Cc1nc(C(F)F)c(NC(=O)c2ccccc2-c2ccc(C(F)(F)F)cc2)s1. The van der Waals surface area contributed by atoms with Gasteiger partial charge in [0.25, 0.3) is 12.3 Å². The third kappa shape index (κ3) is 4.19. The molecule has 0 bridgehead atoms. The smallest absolute Gasteiger partial charge is 0.312 e. The van der Waals surface area contributed by atoms with Crippen molar-refractivity contribution in [3.8, 4) is 11.1 Å². The largest absolute Gasteiger partial charge is 0.416 e. The van der Waals surface area contributed by atoms with E-state index >= 15 is 0 Å². The van der Waals surface area contributed by atoms with Crippen LogP contribution in [0.5, 0.6) is 0 Å². The van der Waals surface area contributed by atoms with E-state index in [9.17, 15) is 26.7 Å². The number of carbonyl (C=O) groups excluding carboxylic acids is 1. The van der Waals surface area contributed by atoms with Gasteiger partial charge in [0.15, 0.2) is 0 Å². The highest BCUT2D eigenvalue weighted by Crippen LogP contribution is 2.34. The molecule has 2 aromatic carbocycles. The number of benzene rings is 2. The van der Waals surface area contributed by atoms with Crippen LogP contribution < -0.4 is 5.32 Å². The van der Waals surface area contributed by atoms with Gasteiger partial charge in [0.05, 0.1) is 10.6 Å². The third-order valence-electron chi connectivity index (χ3n) is 3.89. The van der Waals surface area contributed by atoms with Crippen LogP contribution in [0.2, 0.25) is 0 Å². The highest BCUT2D eigenvalue weighted by Gasteiger charge is 2.30. The first-order valence-corrected chi connectivity index (χ1v) is 8.82. The highest BCUT2D eigenvalue weighted by molar-refractivity contribution is 7.16. The van der Waals surface area contributed by atoms with E-state index < -0.39 is 29.8 Å². The standard InChI is InChI=1S/C19H13F5N2OS/c1-10-25-15(16(20)21)18(28-10)26-17(27)14-5-3-2-4-13(14)11-6-8-12(9-7-11)19(22,23)24/h2-9,16H,1H3,(H,26,27). The van der Waals surface area contributed by atoms with E-state index in [1.807, 2.05) is 0 Å². The molecule has 1 aromatic heterocycles. The van der Waals surface area contributed by atoms with Crippen LogP contribution in [0, 0.1) is 6.92 Å². The second-order valence-corrected chi connectivity index (χ2v) is 7.03. The number of carbonyl (C=O) groups is 1. The molecule has 0 saturated heterocycles. The monoisotopic (exact) mass is 412 g/mol. The summed E-state index contributed by atoms with van der Waals surface area (Å²) in [5.41, 5.74) is -0.391. The molecular weight excluding hydrogens is 399 g/mol. The van der Waals surface area contributed by atoms with Crippen molar-refractivity contribution in [2.24, 2.45) is 0 Å². The number of hydrogen-bond acceptors (Lipinski definition) is 3. The van der Waals surface area contributed by atoms with Crippen LogP contribution in [0.4, 0.5) is 27.0 Å². The van der Waals surface area contributed by atoms with Crippen LogP contribution in [0.15, 0.2) is 48.5 Å². The van der Waals surface area contributed by atoms with Crippen molar-refractivity contribution < 1.29 is 26.7 Å². The number of alkyl halides is 5. The van der Waals surface area contributed by atoms with Crippen LogP contribution in [0.1, 0.15) is 33.0 Å². The Morgan fingerprint density at radius 2 is 1.71 bits per heavy atom. The average Bonchev–Trinajstić information content (AvgIpc) is 3.01. The van der Waals surface area contributed by atoms with Gasteiger partial charge in [-0.1, -0.05) is 30.3 Å². The van der Waals surface area contributed by atoms with Gasteiger partial charge in [-0.15, -0.1) is 11.3 Å². The van der Waals surface area contributed by atoms with Crippen LogP contribution >= 0.6 is 11.3 Å². The Bertz CT molecular complexity index is 996. The summed E-state index contributed by atoms with van der Waals surface area (Å²) < 4.78 is 64.4. The van der Waals surface area contributed by atoms with E-state index in [1.54, 1.807) is 25.1 Å². The summed E-state index contributed by atoms with van der Waals surface area (Å²) in [5, 5.41) is 2.75. The van der Waals surface area contributed by atoms with E-state index in [0.29, 0.717) is 16.1 Å². The van der Waals surface area contributed by atoms with E-state index in [2.05, 4.69) is 10.3 Å². The molecule has 1 N–H and O–H groups in total. The number of nitrogens with zero attached hydrogens (tertiary/aromatic N) is 1. The summed E-state index contributed by atoms with van der Waals surface area (Å²) in [5.74, 6) is -0.652. The van der Waals surface area contributed by atoms with Gasteiger partial charge in [0.1, 0.15) is 10.7 Å². The summed E-state index contributed by atoms with van der Waals surface area (Å²) in [6.07, 6.45) is -7.31. The lowest BCUT2D eigenvalue weighted by atomic mass is 9.98. The molecule has 28 heavy (non-hydrogen) atoms. The van der Waals surface area contributed by atoms with Crippen LogP contribution in [0.25, 0.3) is 11.1 Å². The quantitative estimate of drug-likeness (QED) is 0.509. The van der Waals surface area contributed by atoms with E-state index in [1.165, 1.54) is 18.2 Å². The topological polar surface area (TPSA) is 42.0 Å². The van der Waals surface area contributed by atoms with Crippen molar-refractivity contribution in [1.82, 2.24) is 4.98 Å². The first-order chi connectivity index (χ1) is 13.2.